The number of carboxylic acid groups (broad SMARTS) is 1. The molecule has 3 aromatic carbocycles. The topological polar surface area (TPSA) is 142 Å². The molecule has 1 heterocycles. The Morgan fingerprint density at radius 2 is 1.50 bits per heavy atom. The molecule has 0 radical (unpaired) electrons. The molecule has 2 aliphatic rings. The van der Waals surface area contributed by atoms with Crippen LogP contribution in [0.4, 0.5) is 0 Å². The summed E-state index contributed by atoms with van der Waals surface area (Å²) in [6.07, 6.45) is 2.65. The second-order valence-corrected chi connectivity index (χ2v) is 12.3. The van der Waals surface area contributed by atoms with Crippen molar-refractivity contribution in [3.05, 3.63) is 115 Å². The highest BCUT2D eigenvalue weighted by atomic mass is 79.9. The van der Waals surface area contributed by atoms with Crippen molar-refractivity contribution < 1.29 is 43.4 Å². The number of benzene rings is 3. The minimum Gasteiger partial charge on any atom is -0.487 e. The first-order valence-electron chi connectivity index (χ1n) is 13.5. The number of hydrogen-bond acceptors (Lipinski definition) is 10. The van der Waals surface area contributed by atoms with E-state index in [2.05, 4.69) is 58.1 Å². The Labute approximate surface area is 287 Å². The van der Waals surface area contributed by atoms with Crippen molar-refractivity contribution in [2.45, 2.75) is 25.2 Å². The minimum absolute atomic E-state index is 0.0924. The number of allylic oxidation sites excluding steroid dienone is 1. The molecule has 5 rings (SSSR count). The standard InChI is InChI=1S/C32H23Br3N2O9/c33-22-11-21(42-18-25(31(40)41)36-43-16-19-7-3-1-4-8-19)12-23(34)30(22)45-26-15-32(14-24(35)29(26)39)27(13-28(38)46-32)37-44-17-20-9-5-2-6-10-20/h1-12,14-15H,13,16-18H2,(H,40,41)/b36-25-,37-27+. The van der Waals surface area contributed by atoms with Crippen LogP contribution in [0.1, 0.15) is 17.5 Å². The number of Topliss-reactive ketones (excluding diaryl/α,β-unsaturated/α-hetero) is 1. The molecule has 0 bridgehead atoms. The molecular weight excluding hydrogens is 796 g/mol. The Morgan fingerprint density at radius 1 is 0.891 bits per heavy atom. The fourth-order valence-corrected chi connectivity index (χ4v) is 6.10. The maximum absolute atomic E-state index is 13.1. The molecule has 1 spiro atoms. The molecular formula is C32H23Br3N2O9. The first-order chi connectivity index (χ1) is 22.1. The Bertz CT molecular complexity index is 1750. The Hall–Kier alpha value is -4.27. The zero-order chi connectivity index (χ0) is 32.7. The number of carboxylic acids is 1. The first kappa shape index (κ1) is 33.1. The molecule has 1 saturated heterocycles. The van der Waals surface area contributed by atoms with E-state index in [1.807, 2.05) is 60.7 Å². The van der Waals surface area contributed by atoms with Gasteiger partial charge < -0.3 is 29.0 Å². The van der Waals surface area contributed by atoms with Crippen LogP contribution in [0.15, 0.2) is 114 Å². The van der Waals surface area contributed by atoms with Crippen molar-refractivity contribution in [2.24, 2.45) is 10.3 Å². The Morgan fingerprint density at radius 3 is 2.11 bits per heavy atom. The molecule has 236 valence electrons. The van der Waals surface area contributed by atoms with Gasteiger partial charge in [-0.25, -0.2) is 4.79 Å². The molecule has 1 atom stereocenters. The molecule has 1 aliphatic carbocycles. The molecule has 1 unspecified atom stereocenters. The average molecular weight is 819 g/mol. The van der Waals surface area contributed by atoms with Crippen LogP contribution in [0.5, 0.6) is 11.5 Å². The van der Waals surface area contributed by atoms with E-state index in [1.54, 1.807) is 0 Å². The van der Waals surface area contributed by atoms with E-state index in [-0.39, 0.29) is 52.8 Å². The third-order valence-electron chi connectivity index (χ3n) is 6.48. The number of carbonyl (C=O) groups is 3. The van der Waals surface area contributed by atoms with Crippen molar-refractivity contribution in [1.82, 2.24) is 0 Å². The highest BCUT2D eigenvalue weighted by Gasteiger charge is 2.48. The van der Waals surface area contributed by atoms with E-state index in [9.17, 15) is 19.5 Å². The van der Waals surface area contributed by atoms with Crippen LogP contribution >= 0.6 is 47.8 Å². The molecule has 46 heavy (non-hydrogen) atoms. The summed E-state index contributed by atoms with van der Waals surface area (Å²) in [5.74, 6) is -2.05. The number of nitrogens with zero attached hydrogens (tertiary/aromatic N) is 2. The second kappa shape index (κ2) is 14.9. The molecule has 0 aromatic heterocycles. The number of carbonyl (C=O) groups excluding carboxylic acids is 2. The summed E-state index contributed by atoms with van der Waals surface area (Å²) >= 11 is 10.1. The Kier molecular flexibility index (Phi) is 10.7. The molecule has 0 amide bonds. The first-order valence-corrected chi connectivity index (χ1v) is 15.9. The number of hydrogen-bond donors (Lipinski definition) is 1. The highest BCUT2D eigenvalue weighted by Crippen LogP contribution is 2.41. The van der Waals surface area contributed by atoms with Crippen LogP contribution in [0.2, 0.25) is 0 Å². The quantitative estimate of drug-likeness (QED) is 0.121. The minimum atomic E-state index is -1.51. The van der Waals surface area contributed by atoms with Crippen LogP contribution in [-0.4, -0.2) is 46.5 Å². The average Bonchev–Trinajstić information content (AvgIpc) is 3.33. The predicted octanol–water partition coefficient (Wildman–Crippen LogP) is 6.63. The summed E-state index contributed by atoms with van der Waals surface area (Å²) < 4.78 is 18.1. The van der Waals surface area contributed by atoms with E-state index in [0.717, 1.165) is 11.1 Å². The van der Waals surface area contributed by atoms with E-state index in [1.165, 1.54) is 24.3 Å². The van der Waals surface area contributed by atoms with Crippen molar-refractivity contribution in [3.8, 4) is 11.5 Å². The number of oxime groups is 2. The smallest absolute Gasteiger partial charge is 0.357 e. The normalized spacial score (nSPS) is 18.6. The molecule has 1 fully saturated rings. The van der Waals surface area contributed by atoms with E-state index in [4.69, 9.17) is 23.9 Å². The summed E-state index contributed by atoms with van der Waals surface area (Å²) in [6.45, 7) is -0.136. The fraction of sp³-hybridized carbons (Fsp3) is 0.156. The van der Waals surface area contributed by atoms with Gasteiger partial charge in [-0.15, -0.1) is 0 Å². The van der Waals surface area contributed by atoms with Gasteiger partial charge in [0.15, 0.2) is 17.1 Å². The van der Waals surface area contributed by atoms with Gasteiger partial charge in [0.2, 0.25) is 11.5 Å². The van der Waals surface area contributed by atoms with Gasteiger partial charge >= 0.3 is 11.9 Å². The lowest BCUT2D eigenvalue weighted by atomic mass is 9.91. The summed E-state index contributed by atoms with van der Waals surface area (Å²) in [4.78, 5) is 47.9. The monoisotopic (exact) mass is 816 g/mol. The van der Waals surface area contributed by atoms with Gasteiger partial charge in [0.05, 0.1) is 19.8 Å². The zero-order valence-electron chi connectivity index (χ0n) is 23.7. The highest BCUT2D eigenvalue weighted by molar-refractivity contribution is 9.12. The maximum Gasteiger partial charge on any atom is 0.357 e. The lowest BCUT2D eigenvalue weighted by Crippen LogP contribution is -2.37. The van der Waals surface area contributed by atoms with Crippen LogP contribution in [0, 0.1) is 0 Å². The lowest BCUT2D eigenvalue weighted by Gasteiger charge is -2.26. The fourth-order valence-electron chi connectivity index (χ4n) is 4.26. The molecule has 1 aliphatic heterocycles. The number of halogens is 3. The molecule has 3 aromatic rings. The second-order valence-electron chi connectivity index (χ2n) is 9.78. The van der Waals surface area contributed by atoms with E-state index in [0.29, 0.717) is 8.95 Å². The van der Waals surface area contributed by atoms with Crippen molar-refractivity contribution >= 4 is 76.9 Å². The number of aliphatic carboxylic acids is 1. The molecule has 11 nitrogen and oxygen atoms in total. The van der Waals surface area contributed by atoms with Gasteiger partial charge in [0.1, 0.15) is 31.3 Å². The van der Waals surface area contributed by atoms with Crippen molar-refractivity contribution in [2.75, 3.05) is 6.61 Å². The molecule has 1 N–H and O–H groups in total. The van der Waals surface area contributed by atoms with Crippen LogP contribution in [0.3, 0.4) is 0 Å². The summed E-state index contributed by atoms with van der Waals surface area (Å²) in [5, 5.41) is 17.4. The van der Waals surface area contributed by atoms with Gasteiger partial charge in [0.25, 0.3) is 0 Å². The summed E-state index contributed by atoms with van der Waals surface area (Å²) in [5.41, 5.74) is 0.0920. The van der Waals surface area contributed by atoms with Gasteiger partial charge in [-0.05, 0) is 77.1 Å². The number of ketones is 1. The van der Waals surface area contributed by atoms with E-state index >= 15 is 0 Å². The van der Waals surface area contributed by atoms with Crippen molar-refractivity contribution in [3.63, 3.8) is 0 Å². The van der Waals surface area contributed by atoms with Gasteiger partial charge in [-0.1, -0.05) is 71.0 Å². The summed E-state index contributed by atoms with van der Waals surface area (Å²) in [6, 6.07) is 21.6. The number of esters is 1. The molecule has 14 heteroatoms. The number of ether oxygens (including phenoxy) is 3. The predicted molar refractivity (Wildman–Crippen MR) is 176 cm³/mol. The lowest BCUT2D eigenvalue weighted by molar-refractivity contribution is -0.143. The zero-order valence-corrected chi connectivity index (χ0v) is 28.4. The van der Waals surface area contributed by atoms with E-state index < -0.39 is 29.9 Å². The van der Waals surface area contributed by atoms with Gasteiger partial charge in [-0.2, -0.15) is 0 Å². The maximum atomic E-state index is 13.1. The largest absolute Gasteiger partial charge is 0.487 e. The van der Waals surface area contributed by atoms with Crippen LogP contribution in [0.25, 0.3) is 0 Å². The van der Waals surface area contributed by atoms with Gasteiger partial charge in [-0.3, -0.25) is 9.59 Å². The molecule has 0 saturated carbocycles. The van der Waals surface area contributed by atoms with Crippen molar-refractivity contribution in [1.29, 1.82) is 0 Å². The van der Waals surface area contributed by atoms with Gasteiger partial charge in [0, 0.05) is 6.08 Å². The van der Waals surface area contributed by atoms with Crippen LogP contribution < -0.4 is 9.47 Å². The summed E-state index contributed by atoms with van der Waals surface area (Å²) in [7, 11) is 0. The third kappa shape index (κ3) is 8.11. The number of rotatable bonds is 12. The van der Waals surface area contributed by atoms with Crippen LogP contribution in [-0.2, 0) is 42.0 Å². The Balaban J connectivity index is 1.30. The SMILES string of the molecule is O=C1C/C(=N\OCc2ccccc2)C2(C=C(Br)C(=O)C(Oc3c(Br)cc(OC/C(=N/OCc4ccccc4)C(=O)O)cc3Br)=C2)O1. The third-order valence-corrected chi connectivity index (χ3v) is 8.24.